The molecule has 0 fully saturated rings. The summed E-state index contributed by atoms with van der Waals surface area (Å²) in [6.07, 6.45) is 2.72. The van der Waals surface area contributed by atoms with E-state index in [1.165, 1.54) is 11.2 Å². The van der Waals surface area contributed by atoms with E-state index in [0.29, 0.717) is 17.9 Å². The molecule has 1 amide bonds. The normalized spacial score (nSPS) is 14.2. The summed E-state index contributed by atoms with van der Waals surface area (Å²) in [7, 11) is -3.35. The first-order chi connectivity index (χ1) is 10.3. The van der Waals surface area contributed by atoms with Crippen LogP contribution in [0.25, 0.3) is 0 Å². The second kappa shape index (κ2) is 6.35. The van der Waals surface area contributed by atoms with E-state index in [1.807, 2.05) is 0 Å². The number of nitrogens with zero attached hydrogens (tertiary/aromatic N) is 1. The molecule has 0 spiro atoms. The molecule has 0 aromatic heterocycles. The van der Waals surface area contributed by atoms with Crippen LogP contribution in [0.2, 0.25) is 0 Å². The minimum atomic E-state index is -3.35. The molecule has 1 N–H and O–H groups in total. The van der Waals surface area contributed by atoms with Crippen LogP contribution in [0.4, 0.5) is 11.4 Å². The first kappa shape index (κ1) is 16.3. The van der Waals surface area contributed by atoms with Gasteiger partial charge < -0.3 is 10.1 Å². The number of fused-ring (bicyclic) bond motifs is 1. The van der Waals surface area contributed by atoms with Gasteiger partial charge in [0.25, 0.3) is 5.91 Å². The number of anilines is 2. The summed E-state index contributed by atoms with van der Waals surface area (Å²) in [6, 6.07) is 5.13. The molecule has 1 aromatic rings. The Hall–Kier alpha value is -2.09. The molecule has 1 aromatic carbocycles. The summed E-state index contributed by atoms with van der Waals surface area (Å²) in [6.45, 7) is 1.27. The number of amides is 1. The zero-order chi connectivity index (χ0) is 16.3. The van der Waals surface area contributed by atoms with Gasteiger partial charge in [0.2, 0.25) is 10.0 Å². The van der Waals surface area contributed by atoms with E-state index >= 15 is 0 Å². The Kier molecular flexibility index (Phi) is 4.70. The number of rotatable bonds is 4. The van der Waals surface area contributed by atoms with Crippen molar-refractivity contribution in [2.75, 3.05) is 29.0 Å². The highest BCUT2D eigenvalue weighted by Crippen LogP contribution is 2.31. The third kappa shape index (κ3) is 3.97. The van der Waals surface area contributed by atoms with Crippen LogP contribution >= 0.6 is 0 Å². The first-order valence-electron chi connectivity index (χ1n) is 6.81. The third-order valence-corrected chi connectivity index (χ3v) is 4.43. The maximum atomic E-state index is 11.8. The molecule has 22 heavy (non-hydrogen) atoms. The predicted molar refractivity (Wildman–Crippen MR) is 82.2 cm³/mol. The maximum absolute atomic E-state index is 11.8. The lowest BCUT2D eigenvalue weighted by Crippen LogP contribution is -2.34. The van der Waals surface area contributed by atoms with E-state index < -0.39 is 21.9 Å². The van der Waals surface area contributed by atoms with E-state index in [1.54, 1.807) is 18.2 Å². The van der Waals surface area contributed by atoms with Crippen molar-refractivity contribution in [3.8, 4) is 0 Å². The van der Waals surface area contributed by atoms with Crippen molar-refractivity contribution in [3.63, 3.8) is 0 Å². The highest BCUT2D eigenvalue weighted by atomic mass is 32.2. The lowest BCUT2D eigenvalue weighted by atomic mass is 10.0. The molecular weight excluding hydrogens is 308 g/mol. The molecule has 0 atom stereocenters. The van der Waals surface area contributed by atoms with Gasteiger partial charge in [-0.05, 0) is 30.5 Å². The Morgan fingerprint density at radius 2 is 2.09 bits per heavy atom. The van der Waals surface area contributed by atoms with Crippen molar-refractivity contribution in [2.24, 2.45) is 0 Å². The van der Waals surface area contributed by atoms with Crippen LogP contribution in [0.15, 0.2) is 18.2 Å². The number of nitrogens with one attached hydrogen (secondary N) is 1. The van der Waals surface area contributed by atoms with Crippen molar-refractivity contribution in [1.82, 2.24) is 0 Å². The molecule has 0 saturated carbocycles. The zero-order valence-corrected chi connectivity index (χ0v) is 13.3. The highest BCUT2D eigenvalue weighted by molar-refractivity contribution is 7.92. The fraction of sp³-hybridized carbons (Fsp3) is 0.429. The SMILES string of the molecule is CC(=O)OCC(=O)Nc1ccc2c(c1)N(S(C)(=O)=O)CCC2. The quantitative estimate of drug-likeness (QED) is 0.830. The van der Waals surface area contributed by atoms with Crippen LogP contribution in [0.3, 0.4) is 0 Å². The monoisotopic (exact) mass is 326 g/mol. The first-order valence-corrected chi connectivity index (χ1v) is 8.66. The average Bonchev–Trinajstić information content (AvgIpc) is 2.43. The summed E-state index contributed by atoms with van der Waals surface area (Å²) in [5, 5.41) is 2.58. The van der Waals surface area contributed by atoms with E-state index in [-0.39, 0.29) is 6.61 Å². The van der Waals surface area contributed by atoms with Gasteiger partial charge in [-0.1, -0.05) is 6.07 Å². The van der Waals surface area contributed by atoms with Gasteiger partial charge >= 0.3 is 5.97 Å². The van der Waals surface area contributed by atoms with Gasteiger partial charge in [-0.25, -0.2) is 8.42 Å². The standard InChI is InChI=1S/C14H18N2O5S/c1-10(17)21-9-14(18)15-12-6-5-11-4-3-7-16(13(11)8-12)22(2,19)20/h5-6,8H,3-4,7,9H2,1-2H3,(H,15,18). The number of aryl methyl sites for hydroxylation is 1. The number of ether oxygens (including phenoxy) is 1. The van der Waals surface area contributed by atoms with Crippen LogP contribution in [0.1, 0.15) is 18.9 Å². The Balaban J connectivity index is 2.19. The number of benzene rings is 1. The fourth-order valence-electron chi connectivity index (χ4n) is 2.33. The van der Waals surface area contributed by atoms with Crippen molar-refractivity contribution in [1.29, 1.82) is 0 Å². The number of hydrogen-bond donors (Lipinski definition) is 1. The zero-order valence-electron chi connectivity index (χ0n) is 12.5. The second-order valence-corrected chi connectivity index (χ2v) is 7.02. The summed E-state index contributed by atoms with van der Waals surface area (Å²) in [5.41, 5.74) is 1.97. The van der Waals surface area contributed by atoms with Gasteiger partial charge in [-0.2, -0.15) is 0 Å². The van der Waals surface area contributed by atoms with E-state index in [4.69, 9.17) is 0 Å². The number of carbonyl (C=O) groups is 2. The minimum absolute atomic E-state index is 0.373. The molecule has 0 unspecified atom stereocenters. The van der Waals surface area contributed by atoms with Crippen molar-refractivity contribution >= 4 is 33.3 Å². The van der Waals surface area contributed by atoms with Gasteiger partial charge in [0, 0.05) is 19.2 Å². The van der Waals surface area contributed by atoms with Crippen LogP contribution in [0, 0.1) is 0 Å². The average molecular weight is 326 g/mol. The molecule has 0 bridgehead atoms. The fourth-order valence-corrected chi connectivity index (χ4v) is 3.32. The maximum Gasteiger partial charge on any atom is 0.303 e. The smallest absolute Gasteiger partial charge is 0.303 e. The topological polar surface area (TPSA) is 92.8 Å². The Bertz CT molecular complexity index is 699. The molecule has 7 nitrogen and oxygen atoms in total. The van der Waals surface area contributed by atoms with Gasteiger partial charge in [-0.15, -0.1) is 0 Å². The van der Waals surface area contributed by atoms with E-state index in [9.17, 15) is 18.0 Å². The lowest BCUT2D eigenvalue weighted by molar-refractivity contribution is -0.144. The molecule has 2 rings (SSSR count). The predicted octanol–water partition coefficient (Wildman–Crippen LogP) is 0.900. The summed E-state index contributed by atoms with van der Waals surface area (Å²) >= 11 is 0. The summed E-state index contributed by atoms with van der Waals surface area (Å²) in [4.78, 5) is 22.3. The van der Waals surface area contributed by atoms with E-state index in [0.717, 1.165) is 24.7 Å². The molecule has 8 heteroatoms. The second-order valence-electron chi connectivity index (χ2n) is 5.11. The van der Waals surface area contributed by atoms with Crippen LogP contribution in [-0.2, 0) is 30.8 Å². The van der Waals surface area contributed by atoms with Gasteiger partial charge in [-0.3, -0.25) is 13.9 Å². The number of esters is 1. The third-order valence-electron chi connectivity index (χ3n) is 3.25. The molecule has 120 valence electrons. The van der Waals surface area contributed by atoms with Crippen molar-refractivity contribution in [3.05, 3.63) is 23.8 Å². The van der Waals surface area contributed by atoms with Crippen LogP contribution < -0.4 is 9.62 Å². The molecule has 0 radical (unpaired) electrons. The Morgan fingerprint density at radius 3 is 2.73 bits per heavy atom. The van der Waals surface area contributed by atoms with Crippen molar-refractivity contribution in [2.45, 2.75) is 19.8 Å². The van der Waals surface area contributed by atoms with Gasteiger partial charge in [0.15, 0.2) is 6.61 Å². The molecule has 0 saturated heterocycles. The van der Waals surface area contributed by atoms with Crippen LogP contribution in [-0.4, -0.2) is 39.7 Å². The Morgan fingerprint density at radius 1 is 1.36 bits per heavy atom. The number of hydrogen-bond acceptors (Lipinski definition) is 5. The highest BCUT2D eigenvalue weighted by Gasteiger charge is 2.24. The van der Waals surface area contributed by atoms with Crippen molar-refractivity contribution < 1.29 is 22.7 Å². The summed E-state index contributed by atoms with van der Waals surface area (Å²) in [5.74, 6) is -1.01. The molecule has 1 aliphatic heterocycles. The largest absolute Gasteiger partial charge is 0.456 e. The molecule has 1 aliphatic rings. The summed E-state index contributed by atoms with van der Waals surface area (Å²) < 4.78 is 29.6. The lowest BCUT2D eigenvalue weighted by Gasteiger charge is -2.29. The molecule has 0 aliphatic carbocycles. The number of sulfonamides is 1. The Labute approximate surface area is 129 Å². The van der Waals surface area contributed by atoms with Gasteiger partial charge in [0.05, 0.1) is 11.9 Å². The molecule has 1 heterocycles. The molecular formula is C14H18N2O5S. The van der Waals surface area contributed by atoms with Gasteiger partial charge in [0.1, 0.15) is 0 Å². The van der Waals surface area contributed by atoms with E-state index in [2.05, 4.69) is 10.1 Å². The minimum Gasteiger partial charge on any atom is -0.456 e. The number of carbonyl (C=O) groups excluding carboxylic acids is 2. The van der Waals surface area contributed by atoms with Crippen LogP contribution in [0.5, 0.6) is 0 Å².